The van der Waals surface area contributed by atoms with Crippen molar-refractivity contribution in [3.63, 3.8) is 0 Å². The molecule has 0 bridgehead atoms. The number of amides is 1. The maximum atomic E-state index is 12.0. The number of nitrogens with zero attached hydrogens (tertiary/aromatic N) is 1. The summed E-state index contributed by atoms with van der Waals surface area (Å²) in [6.45, 7) is 3.73. The van der Waals surface area contributed by atoms with E-state index < -0.39 is 0 Å². The monoisotopic (exact) mass is 257 g/mol. The predicted molar refractivity (Wildman–Crippen MR) is 68.3 cm³/mol. The third-order valence-corrected chi connectivity index (χ3v) is 4.28. The molecule has 2 nitrogen and oxygen atoms in total. The Morgan fingerprint density at radius 1 is 1.56 bits per heavy atom. The van der Waals surface area contributed by atoms with E-state index in [-0.39, 0.29) is 11.3 Å². The Labute approximate surface area is 105 Å². The van der Waals surface area contributed by atoms with Gasteiger partial charge >= 0.3 is 0 Å². The van der Waals surface area contributed by atoms with Crippen LogP contribution < -0.4 is 0 Å². The third kappa shape index (κ3) is 2.58. The van der Waals surface area contributed by atoms with Crippen molar-refractivity contribution in [2.24, 2.45) is 5.92 Å². The zero-order chi connectivity index (χ0) is 11.5. The fourth-order valence-corrected chi connectivity index (χ4v) is 3.01. The summed E-state index contributed by atoms with van der Waals surface area (Å²) in [7, 11) is 0. The topological polar surface area (TPSA) is 20.3 Å². The van der Waals surface area contributed by atoms with Gasteiger partial charge in [0.1, 0.15) is 0 Å². The Morgan fingerprint density at radius 2 is 2.25 bits per heavy atom. The van der Waals surface area contributed by atoms with Gasteiger partial charge in [0.15, 0.2) is 0 Å². The van der Waals surface area contributed by atoms with Gasteiger partial charge in [0.05, 0.1) is 5.56 Å². The third-order valence-electron chi connectivity index (χ3n) is 3.24. The molecule has 0 aromatic carbocycles. The van der Waals surface area contributed by atoms with E-state index in [1.807, 2.05) is 28.7 Å². The van der Waals surface area contributed by atoms with Crippen LogP contribution in [-0.4, -0.2) is 29.3 Å². The lowest BCUT2D eigenvalue weighted by Gasteiger charge is -2.33. The van der Waals surface area contributed by atoms with Gasteiger partial charge in [0.25, 0.3) is 5.91 Å². The highest BCUT2D eigenvalue weighted by molar-refractivity contribution is 7.08. The Kier molecular flexibility index (Phi) is 3.87. The molecule has 0 N–H and O–H groups in total. The molecule has 88 valence electrons. The Balaban J connectivity index is 1.92. The van der Waals surface area contributed by atoms with Crippen LogP contribution in [0.2, 0.25) is 0 Å². The lowest BCUT2D eigenvalue weighted by Crippen LogP contribution is -2.39. The Hall–Kier alpha value is -0.540. The minimum Gasteiger partial charge on any atom is -0.339 e. The summed E-state index contributed by atoms with van der Waals surface area (Å²) in [4.78, 5) is 14.0. The molecule has 2 rings (SSSR count). The molecule has 2 heterocycles. The second-order valence-corrected chi connectivity index (χ2v) is 5.79. The number of halogens is 1. The van der Waals surface area contributed by atoms with Crippen molar-refractivity contribution >= 4 is 28.8 Å². The molecule has 1 unspecified atom stereocenters. The van der Waals surface area contributed by atoms with Gasteiger partial charge < -0.3 is 4.90 Å². The molecule has 0 aliphatic carbocycles. The molecule has 0 spiro atoms. The van der Waals surface area contributed by atoms with Gasteiger partial charge in [0.2, 0.25) is 0 Å². The van der Waals surface area contributed by atoms with E-state index in [0.717, 1.165) is 31.5 Å². The summed E-state index contributed by atoms with van der Waals surface area (Å²) in [5.41, 5.74) is 0.822. The number of thiophene rings is 1. The lowest BCUT2D eigenvalue weighted by atomic mass is 9.94. The van der Waals surface area contributed by atoms with Crippen LogP contribution in [0.25, 0.3) is 0 Å². The van der Waals surface area contributed by atoms with Gasteiger partial charge in [-0.2, -0.15) is 11.3 Å². The van der Waals surface area contributed by atoms with Crippen molar-refractivity contribution in [1.29, 1.82) is 0 Å². The first-order chi connectivity index (χ1) is 7.68. The molecule has 4 heteroatoms. The van der Waals surface area contributed by atoms with Crippen LogP contribution in [0, 0.1) is 5.92 Å². The highest BCUT2D eigenvalue weighted by Gasteiger charge is 2.25. The fraction of sp³-hybridized carbons (Fsp3) is 0.583. The summed E-state index contributed by atoms with van der Waals surface area (Å²) >= 11 is 7.65. The molecule has 1 atom stereocenters. The summed E-state index contributed by atoms with van der Waals surface area (Å²) < 4.78 is 0. The van der Waals surface area contributed by atoms with Crippen LogP contribution in [0.4, 0.5) is 0 Å². The van der Waals surface area contributed by atoms with Crippen molar-refractivity contribution in [3.8, 4) is 0 Å². The molecule has 0 radical (unpaired) electrons. The Morgan fingerprint density at radius 3 is 2.75 bits per heavy atom. The summed E-state index contributed by atoms with van der Waals surface area (Å²) in [6.07, 6.45) is 2.06. The SMILES string of the molecule is CC(Cl)C1CCN(C(=O)c2ccsc2)CC1. The number of hydrogen-bond acceptors (Lipinski definition) is 2. The number of hydrogen-bond donors (Lipinski definition) is 0. The predicted octanol–water partition coefficient (Wildman–Crippen LogP) is 3.23. The van der Waals surface area contributed by atoms with E-state index in [2.05, 4.69) is 0 Å². The largest absolute Gasteiger partial charge is 0.339 e. The minimum atomic E-state index is 0.168. The van der Waals surface area contributed by atoms with Crippen molar-refractivity contribution in [2.45, 2.75) is 25.1 Å². The maximum absolute atomic E-state index is 12.0. The molecular formula is C12H16ClNOS. The van der Waals surface area contributed by atoms with Gasteiger partial charge in [0, 0.05) is 23.8 Å². The number of carbonyl (C=O) groups excluding carboxylic acids is 1. The van der Waals surface area contributed by atoms with Crippen LogP contribution in [0.5, 0.6) is 0 Å². The quantitative estimate of drug-likeness (QED) is 0.745. The summed E-state index contributed by atoms with van der Waals surface area (Å²) in [6, 6.07) is 1.89. The fourth-order valence-electron chi connectivity index (χ4n) is 2.13. The van der Waals surface area contributed by atoms with Crippen LogP contribution in [0.3, 0.4) is 0 Å². The molecule has 1 aromatic heterocycles. The first-order valence-corrected chi connectivity index (χ1v) is 7.02. The molecule has 1 aliphatic heterocycles. The number of rotatable bonds is 2. The highest BCUT2D eigenvalue weighted by Crippen LogP contribution is 2.25. The van der Waals surface area contributed by atoms with Gasteiger partial charge in [-0.3, -0.25) is 4.79 Å². The smallest absolute Gasteiger partial charge is 0.254 e. The van der Waals surface area contributed by atoms with Gasteiger partial charge in [-0.15, -0.1) is 11.6 Å². The zero-order valence-corrected chi connectivity index (χ0v) is 10.9. The average Bonchev–Trinajstić information content (AvgIpc) is 2.81. The first-order valence-electron chi connectivity index (χ1n) is 5.64. The molecule has 1 aliphatic rings. The molecule has 1 aromatic rings. The average molecular weight is 258 g/mol. The minimum absolute atomic E-state index is 0.168. The molecular weight excluding hydrogens is 242 g/mol. The molecule has 0 saturated carbocycles. The van der Waals surface area contributed by atoms with Gasteiger partial charge in [-0.25, -0.2) is 0 Å². The number of piperidine rings is 1. The van der Waals surface area contributed by atoms with Gasteiger partial charge in [-0.1, -0.05) is 0 Å². The number of carbonyl (C=O) groups is 1. The lowest BCUT2D eigenvalue weighted by molar-refractivity contribution is 0.0690. The van der Waals surface area contributed by atoms with E-state index in [0.29, 0.717) is 5.92 Å². The second kappa shape index (κ2) is 5.19. The molecule has 1 saturated heterocycles. The number of likely N-dealkylation sites (tertiary alicyclic amines) is 1. The molecule has 16 heavy (non-hydrogen) atoms. The van der Waals surface area contributed by atoms with Crippen molar-refractivity contribution < 1.29 is 4.79 Å². The van der Waals surface area contributed by atoms with E-state index in [1.165, 1.54) is 0 Å². The standard InChI is InChI=1S/C12H16ClNOS/c1-9(13)10-2-5-14(6-3-10)12(15)11-4-7-16-8-11/h4,7-10H,2-3,5-6H2,1H3. The van der Waals surface area contributed by atoms with Crippen molar-refractivity contribution in [2.75, 3.05) is 13.1 Å². The van der Waals surface area contributed by atoms with Crippen molar-refractivity contribution in [3.05, 3.63) is 22.4 Å². The highest BCUT2D eigenvalue weighted by atomic mass is 35.5. The van der Waals surface area contributed by atoms with Crippen LogP contribution in [-0.2, 0) is 0 Å². The zero-order valence-electron chi connectivity index (χ0n) is 9.36. The number of alkyl halides is 1. The summed E-state index contributed by atoms with van der Waals surface area (Å²) in [5.74, 6) is 0.732. The molecule has 1 amide bonds. The Bertz CT molecular complexity index is 342. The van der Waals surface area contributed by atoms with E-state index in [4.69, 9.17) is 11.6 Å². The van der Waals surface area contributed by atoms with Crippen LogP contribution >= 0.6 is 22.9 Å². The van der Waals surface area contributed by atoms with Crippen molar-refractivity contribution in [1.82, 2.24) is 4.90 Å². The first kappa shape index (κ1) is 11.9. The summed E-state index contributed by atoms with van der Waals surface area (Å²) in [5, 5.41) is 4.08. The van der Waals surface area contributed by atoms with E-state index in [9.17, 15) is 4.79 Å². The van der Waals surface area contributed by atoms with E-state index >= 15 is 0 Å². The van der Waals surface area contributed by atoms with Crippen LogP contribution in [0.1, 0.15) is 30.1 Å². The second-order valence-electron chi connectivity index (χ2n) is 4.32. The normalized spacial score (nSPS) is 19.8. The van der Waals surface area contributed by atoms with E-state index in [1.54, 1.807) is 11.3 Å². The van der Waals surface area contributed by atoms with Gasteiger partial charge in [-0.05, 0) is 37.1 Å². The van der Waals surface area contributed by atoms with Crippen LogP contribution in [0.15, 0.2) is 16.8 Å². The maximum Gasteiger partial charge on any atom is 0.254 e. The molecule has 1 fully saturated rings.